The van der Waals surface area contributed by atoms with Gasteiger partial charge in [-0.25, -0.2) is 4.39 Å². The molecule has 0 saturated carbocycles. The zero-order chi connectivity index (χ0) is 69.4. The average Bonchev–Trinajstić information content (AvgIpc) is 2.55. The van der Waals surface area contributed by atoms with Crippen molar-refractivity contribution in [2.45, 2.75) is 100 Å². The van der Waals surface area contributed by atoms with Gasteiger partial charge in [0.05, 0.1) is 78.0 Å². The van der Waals surface area contributed by atoms with Crippen LogP contribution in [0.2, 0.25) is 10.0 Å². The van der Waals surface area contributed by atoms with Crippen LogP contribution in [0.4, 0.5) is 32.8 Å². The second kappa shape index (κ2) is 53.8. The van der Waals surface area contributed by atoms with Crippen LogP contribution in [0.25, 0.3) is 0 Å². The van der Waals surface area contributed by atoms with Gasteiger partial charge in [0, 0.05) is 91.4 Å². The van der Waals surface area contributed by atoms with Crippen LogP contribution in [-0.2, 0) is 0 Å². The van der Waals surface area contributed by atoms with Gasteiger partial charge < -0.3 is 40.0 Å². The molecular formula is C78H95Cl2FN10O3. The van der Waals surface area contributed by atoms with Crippen molar-refractivity contribution < 1.29 is 18.6 Å². The summed E-state index contributed by atoms with van der Waals surface area (Å²) in [7, 11) is 4.05. The maximum absolute atomic E-state index is 12.6. The van der Waals surface area contributed by atoms with Gasteiger partial charge in [-0.3, -0.25) is 0 Å². The van der Waals surface area contributed by atoms with E-state index in [1.807, 2.05) is 180 Å². The Labute approximate surface area is 571 Å². The van der Waals surface area contributed by atoms with E-state index < -0.39 is 0 Å². The highest BCUT2D eigenvalue weighted by molar-refractivity contribution is 6.31. The monoisotopic (exact) mass is 1310 g/mol. The molecular weight excluding hydrogens is 1210 g/mol. The fraction of sp³-hybridized carbons (Fsp3) is 0.321. The molecule has 94 heavy (non-hydrogen) atoms. The summed E-state index contributed by atoms with van der Waals surface area (Å²) >= 11 is 11.4. The molecule has 8 rings (SSSR count). The van der Waals surface area contributed by atoms with Crippen molar-refractivity contribution in [3.05, 3.63) is 238 Å². The summed E-state index contributed by atoms with van der Waals surface area (Å²) in [5.74, 6) is 2.04. The molecule has 0 aromatic heterocycles. The molecule has 0 unspecified atom stereocenters. The molecule has 0 spiro atoms. The second-order valence-electron chi connectivity index (χ2n) is 20.4. The van der Waals surface area contributed by atoms with Gasteiger partial charge in [-0.1, -0.05) is 119 Å². The zero-order valence-corrected chi connectivity index (χ0v) is 58.1. The van der Waals surface area contributed by atoms with E-state index in [1.54, 1.807) is 30.3 Å². The first-order valence-corrected chi connectivity index (χ1v) is 32.7. The largest absolute Gasteiger partial charge is 0.494 e. The molecule has 0 aliphatic rings. The third kappa shape index (κ3) is 39.4. The Morgan fingerprint density at radius 3 is 1.20 bits per heavy atom. The molecule has 0 amide bonds. The van der Waals surface area contributed by atoms with Crippen LogP contribution in [0.1, 0.15) is 128 Å². The van der Waals surface area contributed by atoms with E-state index in [2.05, 4.69) is 97.6 Å². The molecule has 0 atom stereocenters. The minimum atomic E-state index is -0.246. The van der Waals surface area contributed by atoms with Gasteiger partial charge in [-0.2, -0.15) is 26.3 Å². The smallest absolute Gasteiger partial charge is 0.126 e. The maximum atomic E-state index is 12.6. The number of hydrogen-bond acceptors (Lipinski definition) is 13. The summed E-state index contributed by atoms with van der Waals surface area (Å²) in [5, 5.41) is 54.2. The molecule has 0 aliphatic carbocycles. The van der Waals surface area contributed by atoms with Crippen LogP contribution < -0.4 is 40.0 Å². The minimum absolute atomic E-state index is 0.246. The van der Waals surface area contributed by atoms with Crippen molar-refractivity contribution in [1.29, 1.82) is 26.3 Å². The Balaban J connectivity index is 0.000000538. The van der Waals surface area contributed by atoms with Gasteiger partial charge in [-0.15, -0.1) is 0 Å². The van der Waals surface area contributed by atoms with Crippen LogP contribution >= 0.6 is 23.2 Å². The van der Waals surface area contributed by atoms with Gasteiger partial charge in [0.1, 0.15) is 23.1 Å². The molecule has 0 radical (unpaired) electrons. The first-order chi connectivity index (χ1) is 45.6. The SMILES string of the molecule is CCCCNc1cccc(C#N)c1.CCCCOc1cccc(F)c1.CCCN(C)c1cccc(C#N)c1.CCCNc1cccc(C#N)c1.CCCOc1cccc(Cl)c1.CCN(C)c1cccc(C#N)c1.CCNc1cccc(C#N)c1.CCOc1cccc(Cl)c1. The predicted molar refractivity (Wildman–Crippen MR) is 391 cm³/mol. The molecule has 0 bridgehead atoms. The lowest BCUT2D eigenvalue weighted by molar-refractivity contribution is 0.308. The third-order valence-electron chi connectivity index (χ3n) is 12.6. The summed E-state index contributed by atoms with van der Waals surface area (Å²) in [4.78, 5) is 4.25. The summed E-state index contributed by atoms with van der Waals surface area (Å²) in [6.07, 6.45) is 7.68. The molecule has 0 saturated heterocycles. The van der Waals surface area contributed by atoms with Crippen LogP contribution in [0.5, 0.6) is 17.2 Å². The van der Waals surface area contributed by atoms with Crippen molar-refractivity contribution in [3.8, 4) is 47.6 Å². The number of rotatable bonds is 23. The van der Waals surface area contributed by atoms with Crippen LogP contribution in [0.15, 0.2) is 194 Å². The Kier molecular flexibility index (Phi) is 47.0. The van der Waals surface area contributed by atoms with Crippen molar-refractivity contribution in [3.63, 3.8) is 0 Å². The van der Waals surface area contributed by atoms with E-state index >= 15 is 0 Å². The number of unbranched alkanes of at least 4 members (excludes halogenated alkanes) is 2. The number of halogens is 3. The summed E-state index contributed by atoms with van der Waals surface area (Å²) in [6, 6.07) is 69.4. The quantitative estimate of drug-likeness (QED) is 0.0514. The fourth-order valence-electron chi connectivity index (χ4n) is 7.64. The van der Waals surface area contributed by atoms with Crippen molar-refractivity contribution >= 4 is 51.6 Å². The molecule has 0 heterocycles. The first-order valence-electron chi connectivity index (χ1n) is 31.9. The Hall–Kier alpha value is -9.88. The molecule has 0 fully saturated rings. The van der Waals surface area contributed by atoms with Crippen LogP contribution in [0, 0.1) is 62.5 Å². The number of benzene rings is 8. The van der Waals surface area contributed by atoms with Gasteiger partial charge in [-0.05, 0) is 192 Å². The number of anilines is 5. The summed E-state index contributed by atoms with van der Waals surface area (Å²) in [6.45, 7) is 23.5. The highest BCUT2D eigenvalue weighted by Gasteiger charge is 2.02. The van der Waals surface area contributed by atoms with Crippen LogP contribution in [0.3, 0.4) is 0 Å². The lowest BCUT2D eigenvalue weighted by atomic mass is 10.2. The molecule has 0 aliphatic heterocycles. The number of ether oxygens (including phenoxy) is 3. The molecule has 8 aromatic rings. The van der Waals surface area contributed by atoms with Crippen molar-refractivity contribution in [1.82, 2.24) is 0 Å². The summed E-state index contributed by atoms with van der Waals surface area (Å²) < 4.78 is 28.4. The van der Waals surface area contributed by atoms with Gasteiger partial charge >= 0.3 is 0 Å². The predicted octanol–water partition coefficient (Wildman–Crippen LogP) is 20.4. The average molecular weight is 1310 g/mol. The normalized spacial score (nSPS) is 9.28. The Bertz CT molecular complexity index is 3540. The molecule has 8 aromatic carbocycles. The second-order valence-corrected chi connectivity index (χ2v) is 21.3. The number of nitrogens with zero attached hydrogens (tertiary/aromatic N) is 7. The Morgan fingerprint density at radius 1 is 0.394 bits per heavy atom. The molecule has 3 N–H and O–H groups in total. The minimum Gasteiger partial charge on any atom is -0.494 e. The summed E-state index contributed by atoms with van der Waals surface area (Å²) in [5.41, 5.74) is 8.82. The van der Waals surface area contributed by atoms with Crippen LogP contribution in [-0.4, -0.2) is 66.6 Å². The lowest BCUT2D eigenvalue weighted by Crippen LogP contribution is -2.17. The van der Waals surface area contributed by atoms with Gasteiger partial charge in [0.15, 0.2) is 0 Å². The zero-order valence-electron chi connectivity index (χ0n) is 56.6. The molecule has 496 valence electrons. The number of nitriles is 5. The molecule has 13 nitrogen and oxygen atoms in total. The molecule has 16 heteroatoms. The van der Waals surface area contributed by atoms with Gasteiger partial charge in [0.2, 0.25) is 0 Å². The van der Waals surface area contributed by atoms with E-state index in [9.17, 15) is 4.39 Å². The topological polar surface area (TPSA) is 189 Å². The third-order valence-corrected chi connectivity index (χ3v) is 13.1. The number of hydrogen-bond donors (Lipinski definition) is 3. The van der Waals surface area contributed by atoms with E-state index in [-0.39, 0.29) is 5.82 Å². The number of nitrogens with one attached hydrogen (secondary N) is 3. The fourth-order valence-corrected chi connectivity index (χ4v) is 8.00. The van der Waals surface area contributed by atoms with E-state index in [0.29, 0.717) is 46.2 Å². The van der Waals surface area contributed by atoms with E-state index in [4.69, 9.17) is 63.7 Å². The highest BCUT2D eigenvalue weighted by Crippen LogP contribution is 2.20. The van der Waals surface area contributed by atoms with Crippen molar-refractivity contribution in [2.24, 2.45) is 0 Å². The maximum Gasteiger partial charge on any atom is 0.126 e. The van der Waals surface area contributed by atoms with Crippen molar-refractivity contribution in [2.75, 3.05) is 92.4 Å². The Morgan fingerprint density at radius 2 is 0.798 bits per heavy atom. The first kappa shape index (κ1) is 82.1. The van der Waals surface area contributed by atoms with Gasteiger partial charge in [0.25, 0.3) is 0 Å². The standard InChI is InChI=1S/2C11H14N2.C10H13FO.2C10H12N2.C9H11ClO.C9H10N2.C8H9ClO/c1-3-7-13(2)11-6-4-5-10(8-11)9-12;1-2-3-7-13-11-6-4-5-10(8-11)9-12;1-2-3-7-12-10-6-4-5-9(11)8-10;1-3-12(2)10-6-4-5-9(7-10)8-11;1-2-6-12-10-5-3-4-9(7-10)8-11;1-2-6-11-9-5-3-4-8(10)7-9;1-2-11-9-5-3-4-8(6-9)7-10;1-2-10-8-5-3-4-7(9)6-8/h4-6,8H,3,7H2,1-2H3;4-6,8,13H,2-3,7H2,1H3;4-6,8H,2-3,7H2,1H3;4-7H,3H2,1-2H3;3-5,7,12H,2,6H2,1H3;3-5,7H,2,6H2,1H3;3-6,11H,2H2,1H3;3-6H,2H2,1H3. The lowest BCUT2D eigenvalue weighted by Gasteiger charge is -2.18. The highest BCUT2D eigenvalue weighted by atomic mass is 35.5. The van der Waals surface area contributed by atoms with E-state index in [1.165, 1.54) is 18.6 Å². The van der Waals surface area contributed by atoms with E-state index in [0.717, 1.165) is 128 Å².